The maximum absolute atomic E-state index is 11.4. The molecule has 0 saturated carbocycles. The molecule has 0 bridgehead atoms. The SMILES string of the molecule is CC(=O)C1CCCN(CCN2CCCCC2)C1. The molecule has 0 aromatic carbocycles. The van der Waals surface area contributed by atoms with Crippen LogP contribution in [0.3, 0.4) is 0 Å². The molecule has 2 aliphatic heterocycles. The minimum absolute atomic E-state index is 0.310. The highest BCUT2D eigenvalue weighted by Crippen LogP contribution is 2.17. The lowest BCUT2D eigenvalue weighted by atomic mass is 9.94. The van der Waals surface area contributed by atoms with E-state index in [0.717, 1.165) is 19.5 Å². The molecular formula is C14H26N2O. The molecule has 3 heteroatoms. The van der Waals surface area contributed by atoms with Gasteiger partial charge in [-0.2, -0.15) is 0 Å². The Kier molecular flexibility index (Phi) is 4.99. The second-order valence-electron chi connectivity index (χ2n) is 5.65. The molecular weight excluding hydrogens is 212 g/mol. The summed E-state index contributed by atoms with van der Waals surface area (Å²) in [4.78, 5) is 16.5. The molecule has 0 amide bonds. The molecule has 2 heterocycles. The molecule has 0 spiro atoms. The van der Waals surface area contributed by atoms with Gasteiger partial charge in [0.2, 0.25) is 0 Å². The minimum Gasteiger partial charge on any atom is -0.302 e. The Hall–Kier alpha value is -0.410. The van der Waals surface area contributed by atoms with Gasteiger partial charge in [0.25, 0.3) is 0 Å². The Balaban J connectivity index is 1.69. The van der Waals surface area contributed by atoms with Gasteiger partial charge in [0, 0.05) is 25.6 Å². The van der Waals surface area contributed by atoms with Gasteiger partial charge in [-0.15, -0.1) is 0 Å². The molecule has 0 aromatic heterocycles. The van der Waals surface area contributed by atoms with Crippen molar-refractivity contribution >= 4 is 5.78 Å². The van der Waals surface area contributed by atoms with E-state index in [0.29, 0.717) is 11.7 Å². The van der Waals surface area contributed by atoms with Gasteiger partial charge >= 0.3 is 0 Å². The van der Waals surface area contributed by atoms with Gasteiger partial charge in [0.05, 0.1) is 0 Å². The molecule has 1 unspecified atom stereocenters. The summed E-state index contributed by atoms with van der Waals surface area (Å²) in [7, 11) is 0. The Bertz CT molecular complexity index is 249. The van der Waals surface area contributed by atoms with Crippen molar-refractivity contribution in [3.8, 4) is 0 Å². The first-order chi connectivity index (χ1) is 8.25. The minimum atomic E-state index is 0.310. The zero-order chi connectivity index (χ0) is 12.1. The summed E-state index contributed by atoms with van der Waals surface area (Å²) >= 11 is 0. The smallest absolute Gasteiger partial charge is 0.134 e. The lowest BCUT2D eigenvalue weighted by Crippen LogP contribution is -2.43. The van der Waals surface area contributed by atoms with E-state index in [1.165, 1.54) is 51.9 Å². The van der Waals surface area contributed by atoms with Crippen LogP contribution in [-0.4, -0.2) is 54.9 Å². The van der Waals surface area contributed by atoms with Crippen LogP contribution in [0.5, 0.6) is 0 Å². The summed E-state index contributed by atoms with van der Waals surface area (Å²) in [5.74, 6) is 0.692. The summed E-state index contributed by atoms with van der Waals surface area (Å²) in [5, 5.41) is 0. The number of nitrogens with zero attached hydrogens (tertiary/aromatic N) is 2. The van der Waals surface area contributed by atoms with Gasteiger partial charge in [-0.3, -0.25) is 4.79 Å². The first-order valence-corrected chi connectivity index (χ1v) is 7.21. The van der Waals surface area contributed by atoms with E-state index in [1.54, 1.807) is 6.92 Å². The first-order valence-electron chi connectivity index (χ1n) is 7.21. The average Bonchev–Trinajstić information content (AvgIpc) is 2.38. The van der Waals surface area contributed by atoms with Crippen LogP contribution >= 0.6 is 0 Å². The Morgan fingerprint density at radius 2 is 1.65 bits per heavy atom. The number of piperidine rings is 2. The van der Waals surface area contributed by atoms with Crippen molar-refractivity contribution in [3.05, 3.63) is 0 Å². The number of carbonyl (C=O) groups is 1. The van der Waals surface area contributed by atoms with Crippen molar-refractivity contribution in [2.24, 2.45) is 5.92 Å². The molecule has 1 atom stereocenters. The average molecular weight is 238 g/mol. The lowest BCUT2D eigenvalue weighted by Gasteiger charge is -2.34. The summed E-state index contributed by atoms with van der Waals surface area (Å²) < 4.78 is 0. The van der Waals surface area contributed by atoms with Crippen molar-refractivity contribution < 1.29 is 4.79 Å². The van der Waals surface area contributed by atoms with Crippen LogP contribution < -0.4 is 0 Å². The maximum atomic E-state index is 11.4. The van der Waals surface area contributed by atoms with Gasteiger partial charge < -0.3 is 9.80 Å². The number of carbonyl (C=O) groups excluding carboxylic acids is 1. The van der Waals surface area contributed by atoms with Crippen LogP contribution in [0.4, 0.5) is 0 Å². The quantitative estimate of drug-likeness (QED) is 0.746. The topological polar surface area (TPSA) is 23.6 Å². The van der Waals surface area contributed by atoms with Crippen molar-refractivity contribution in [2.75, 3.05) is 39.3 Å². The van der Waals surface area contributed by atoms with Crippen LogP contribution in [0.1, 0.15) is 39.0 Å². The molecule has 0 N–H and O–H groups in total. The van der Waals surface area contributed by atoms with Crippen LogP contribution in [0.2, 0.25) is 0 Å². The van der Waals surface area contributed by atoms with Crippen LogP contribution in [0.15, 0.2) is 0 Å². The van der Waals surface area contributed by atoms with Crippen molar-refractivity contribution in [1.82, 2.24) is 9.80 Å². The zero-order valence-electron chi connectivity index (χ0n) is 11.2. The van der Waals surface area contributed by atoms with Crippen LogP contribution in [0.25, 0.3) is 0 Å². The highest BCUT2D eigenvalue weighted by molar-refractivity contribution is 5.78. The van der Waals surface area contributed by atoms with E-state index >= 15 is 0 Å². The third-order valence-corrected chi connectivity index (χ3v) is 4.26. The van der Waals surface area contributed by atoms with E-state index in [4.69, 9.17) is 0 Å². The molecule has 2 saturated heterocycles. The van der Waals surface area contributed by atoms with E-state index in [-0.39, 0.29) is 0 Å². The van der Waals surface area contributed by atoms with Crippen molar-refractivity contribution in [2.45, 2.75) is 39.0 Å². The predicted octanol–water partition coefficient (Wildman–Crippen LogP) is 1.77. The summed E-state index contributed by atoms with van der Waals surface area (Å²) in [6, 6.07) is 0. The number of hydrogen-bond donors (Lipinski definition) is 0. The first kappa shape index (κ1) is 13.0. The molecule has 0 aliphatic carbocycles. The second kappa shape index (κ2) is 6.50. The molecule has 2 fully saturated rings. The zero-order valence-corrected chi connectivity index (χ0v) is 11.2. The fourth-order valence-corrected chi connectivity index (χ4v) is 3.06. The number of hydrogen-bond acceptors (Lipinski definition) is 3. The van der Waals surface area contributed by atoms with E-state index in [9.17, 15) is 4.79 Å². The summed E-state index contributed by atoms with van der Waals surface area (Å²) in [5.41, 5.74) is 0. The molecule has 17 heavy (non-hydrogen) atoms. The predicted molar refractivity (Wildman–Crippen MR) is 70.1 cm³/mol. The fourth-order valence-electron chi connectivity index (χ4n) is 3.06. The largest absolute Gasteiger partial charge is 0.302 e. The van der Waals surface area contributed by atoms with Crippen LogP contribution in [-0.2, 0) is 4.79 Å². The fraction of sp³-hybridized carbons (Fsp3) is 0.929. The third kappa shape index (κ3) is 4.07. The van der Waals surface area contributed by atoms with Crippen molar-refractivity contribution in [3.63, 3.8) is 0 Å². The molecule has 0 radical (unpaired) electrons. The maximum Gasteiger partial charge on any atom is 0.134 e. The third-order valence-electron chi connectivity index (χ3n) is 4.26. The van der Waals surface area contributed by atoms with Gasteiger partial charge in [0.15, 0.2) is 0 Å². The highest BCUT2D eigenvalue weighted by Gasteiger charge is 2.23. The summed E-state index contributed by atoms with van der Waals surface area (Å²) in [6.07, 6.45) is 6.46. The number of likely N-dealkylation sites (tertiary alicyclic amines) is 2. The van der Waals surface area contributed by atoms with Gasteiger partial charge in [-0.05, 0) is 52.2 Å². The molecule has 2 rings (SSSR count). The second-order valence-corrected chi connectivity index (χ2v) is 5.65. The highest BCUT2D eigenvalue weighted by atomic mass is 16.1. The van der Waals surface area contributed by atoms with Crippen molar-refractivity contribution in [1.29, 1.82) is 0 Å². The standard InChI is InChI=1S/C14H26N2O/c1-13(17)14-6-5-9-16(12-14)11-10-15-7-3-2-4-8-15/h14H,2-12H2,1H3. The summed E-state index contributed by atoms with van der Waals surface area (Å²) in [6.45, 7) is 8.86. The molecule has 3 nitrogen and oxygen atoms in total. The van der Waals surface area contributed by atoms with E-state index < -0.39 is 0 Å². The monoisotopic (exact) mass is 238 g/mol. The van der Waals surface area contributed by atoms with Gasteiger partial charge in [-0.1, -0.05) is 6.42 Å². The Labute approximate surface area is 105 Å². The number of rotatable bonds is 4. The van der Waals surface area contributed by atoms with E-state index in [1.807, 2.05) is 0 Å². The number of Topliss-reactive ketones (excluding diaryl/α,β-unsaturated/α-hetero) is 1. The Morgan fingerprint density at radius 1 is 1.00 bits per heavy atom. The van der Waals surface area contributed by atoms with E-state index in [2.05, 4.69) is 9.80 Å². The van der Waals surface area contributed by atoms with Gasteiger partial charge in [0.1, 0.15) is 5.78 Å². The number of ketones is 1. The molecule has 2 aliphatic rings. The van der Waals surface area contributed by atoms with Crippen LogP contribution in [0, 0.1) is 5.92 Å². The molecule has 0 aromatic rings. The molecule has 98 valence electrons. The normalized spacial score (nSPS) is 28.2. The Morgan fingerprint density at radius 3 is 2.35 bits per heavy atom. The lowest BCUT2D eigenvalue weighted by molar-refractivity contribution is -0.122. The van der Waals surface area contributed by atoms with Gasteiger partial charge in [-0.25, -0.2) is 0 Å².